The Morgan fingerprint density at radius 3 is 2.78 bits per heavy atom. The number of aliphatic hydroxyl groups is 2. The van der Waals surface area contributed by atoms with E-state index < -0.39 is 6.10 Å². The number of pyridine rings is 1. The largest absolute Gasteiger partial charge is 0.495 e. The third kappa shape index (κ3) is 1.95. The second-order valence-corrected chi connectivity index (χ2v) is 4.30. The minimum Gasteiger partial charge on any atom is -0.495 e. The van der Waals surface area contributed by atoms with Crippen LogP contribution in [-0.4, -0.2) is 34.6 Å². The van der Waals surface area contributed by atoms with Gasteiger partial charge in [-0.15, -0.1) is 0 Å². The fourth-order valence-corrected chi connectivity index (χ4v) is 2.11. The number of ether oxygens (including phenoxy) is 1. The molecule has 1 aliphatic rings. The van der Waals surface area contributed by atoms with Gasteiger partial charge in [0.25, 0.3) is 0 Å². The lowest BCUT2D eigenvalue weighted by atomic mass is 9.97. The van der Waals surface area contributed by atoms with E-state index in [0.29, 0.717) is 29.0 Å². The first kappa shape index (κ1) is 12.9. The van der Waals surface area contributed by atoms with Crippen molar-refractivity contribution in [2.45, 2.75) is 26.0 Å². The first-order chi connectivity index (χ1) is 8.62. The first-order valence-corrected chi connectivity index (χ1v) is 5.93. The van der Waals surface area contributed by atoms with E-state index in [-0.39, 0.29) is 18.6 Å². The Kier molecular flexibility index (Phi) is 3.54. The topological polar surface area (TPSA) is 71.7 Å². The molecule has 0 spiro atoms. The second-order valence-electron chi connectivity index (χ2n) is 4.30. The van der Waals surface area contributed by atoms with Crippen molar-refractivity contribution >= 4 is 11.8 Å². The van der Waals surface area contributed by atoms with Crippen LogP contribution in [0.1, 0.15) is 23.7 Å². The molecule has 5 nitrogen and oxygen atoms in total. The molecule has 18 heavy (non-hydrogen) atoms. The Balaban J connectivity index is 2.47. The molecule has 0 aromatic carbocycles. The van der Waals surface area contributed by atoms with Gasteiger partial charge in [0.05, 0.1) is 37.6 Å². The SMILES string of the molecule is CCc1cn(CC(O)CO)c2c(c1=O)C=C2OC. The Morgan fingerprint density at radius 2 is 2.22 bits per heavy atom. The standard InChI is InChI=1S/C13H17NO4/c1-3-8-5-14(6-9(16)7-15)12-10(13(8)17)4-11(12)18-2/h4-5,9,15-16H,3,6-7H2,1-2H3. The molecule has 98 valence electrons. The molecule has 0 saturated heterocycles. The van der Waals surface area contributed by atoms with Gasteiger partial charge in [-0.25, -0.2) is 0 Å². The van der Waals surface area contributed by atoms with Crippen molar-refractivity contribution in [3.8, 4) is 0 Å². The number of hydrogen-bond acceptors (Lipinski definition) is 4. The van der Waals surface area contributed by atoms with Gasteiger partial charge < -0.3 is 19.5 Å². The molecule has 2 rings (SSSR count). The van der Waals surface area contributed by atoms with E-state index in [1.165, 1.54) is 0 Å². The molecule has 1 aromatic heterocycles. The van der Waals surface area contributed by atoms with Crippen molar-refractivity contribution in [3.05, 3.63) is 33.2 Å². The van der Waals surface area contributed by atoms with E-state index >= 15 is 0 Å². The van der Waals surface area contributed by atoms with E-state index in [4.69, 9.17) is 9.84 Å². The van der Waals surface area contributed by atoms with Crippen LogP contribution in [0.2, 0.25) is 0 Å². The zero-order valence-corrected chi connectivity index (χ0v) is 10.5. The Morgan fingerprint density at radius 1 is 1.50 bits per heavy atom. The number of nitrogens with zero attached hydrogens (tertiary/aromatic N) is 1. The highest BCUT2D eigenvalue weighted by molar-refractivity contribution is 5.90. The van der Waals surface area contributed by atoms with Crippen LogP contribution in [0.4, 0.5) is 0 Å². The summed E-state index contributed by atoms with van der Waals surface area (Å²) in [5.41, 5.74) is 2.04. The van der Waals surface area contributed by atoms with Crippen molar-refractivity contribution in [1.82, 2.24) is 4.57 Å². The van der Waals surface area contributed by atoms with Crippen LogP contribution in [0.25, 0.3) is 11.8 Å². The first-order valence-electron chi connectivity index (χ1n) is 5.93. The summed E-state index contributed by atoms with van der Waals surface area (Å²) in [7, 11) is 1.54. The molecule has 1 atom stereocenters. The van der Waals surface area contributed by atoms with Gasteiger partial charge in [0.1, 0.15) is 5.76 Å². The molecule has 0 bridgehead atoms. The average molecular weight is 251 g/mol. The van der Waals surface area contributed by atoms with E-state index in [9.17, 15) is 9.90 Å². The van der Waals surface area contributed by atoms with Gasteiger partial charge in [-0.2, -0.15) is 0 Å². The summed E-state index contributed by atoms with van der Waals surface area (Å²) in [4.78, 5) is 12.0. The van der Waals surface area contributed by atoms with Crippen LogP contribution in [-0.2, 0) is 17.7 Å². The average Bonchev–Trinajstić information content (AvgIpc) is 2.33. The molecular weight excluding hydrogens is 234 g/mol. The summed E-state index contributed by atoms with van der Waals surface area (Å²) in [5.74, 6) is 0.634. The quantitative estimate of drug-likeness (QED) is 0.785. The summed E-state index contributed by atoms with van der Waals surface area (Å²) >= 11 is 0. The fraction of sp³-hybridized carbons (Fsp3) is 0.462. The minimum atomic E-state index is -0.847. The maximum Gasteiger partial charge on any atom is 0.192 e. The van der Waals surface area contributed by atoms with Crippen LogP contribution in [0.5, 0.6) is 0 Å². The van der Waals surface area contributed by atoms with Gasteiger partial charge in [-0.05, 0) is 12.5 Å². The van der Waals surface area contributed by atoms with Crippen molar-refractivity contribution in [2.75, 3.05) is 13.7 Å². The van der Waals surface area contributed by atoms with Crippen LogP contribution in [0.15, 0.2) is 11.0 Å². The Labute approximate surface area is 105 Å². The Bertz CT molecular complexity index is 545. The number of aryl methyl sites for hydroxylation is 1. The van der Waals surface area contributed by atoms with E-state index in [2.05, 4.69) is 0 Å². The molecule has 0 radical (unpaired) electrons. The fourth-order valence-electron chi connectivity index (χ4n) is 2.11. The maximum atomic E-state index is 12.0. The van der Waals surface area contributed by atoms with Crippen molar-refractivity contribution in [3.63, 3.8) is 0 Å². The predicted octanol–water partition coefficient (Wildman–Crippen LogP) is 0.222. The third-order valence-electron chi connectivity index (χ3n) is 3.12. The molecule has 1 unspecified atom stereocenters. The number of methoxy groups -OCH3 is 1. The van der Waals surface area contributed by atoms with Crippen LogP contribution < -0.4 is 5.43 Å². The smallest absolute Gasteiger partial charge is 0.192 e. The number of hydrogen-bond donors (Lipinski definition) is 2. The zero-order valence-electron chi connectivity index (χ0n) is 10.5. The monoisotopic (exact) mass is 251 g/mol. The molecule has 0 aliphatic heterocycles. The number of rotatable bonds is 5. The second kappa shape index (κ2) is 4.96. The molecule has 0 saturated carbocycles. The van der Waals surface area contributed by atoms with E-state index in [0.717, 1.165) is 0 Å². The molecule has 2 N–H and O–H groups in total. The number of aromatic nitrogens is 1. The summed E-state index contributed by atoms with van der Waals surface area (Å²) in [6.45, 7) is 1.84. The molecule has 0 amide bonds. The highest BCUT2D eigenvalue weighted by Gasteiger charge is 2.26. The molecule has 1 aliphatic carbocycles. The van der Waals surface area contributed by atoms with Gasteiger partial charge in [0, 0.05) is 11.8 Å². The van der Waals surface area contributed by atoms with Gasteiger partial charge in [0.2, 0.25) is 0 Å². The zero-order chi connectivity index (χ0) is 13.3. The highest BCUT2D eigenvalue weighted by atomic mass is 16.5. The number of fused-ring (bicyclic) bond motifs is 1. The summed E-state index contributed by atoms with van der Waals surface area (Å²) in [6, 6.07) is 0. The summed E-state index contributed by atoms with van der Waals surface area (Å²) < 4.78 is 6.93. The molecule has 1 heterocycles. The predicted molar refractivity (Wildman–Crippen MR) is 68.1 cm³/mol. The molecule has 0 fully saturated rings. The lowest BCUT2D eigenvalue weighted by Gasteiger charge is -2.25. The molecule has 1 aromatic rings. The highest BCUT2D eigenvalue weighted by Crippen LogP contribution is 2.30. The molecular formula is C13H17NO4. The molecule has 5 heteroatoms. The van der Waals surface area contributed by atoms with Crippen LogP contribution in [0, 0.1) is 0 Å². The van der Waals surface area contributed by atoms with Gasteiger partial charge >= 0.3 is 0 Å². The van der Waals surface area contributed by atoms with E-state index in [1.54, 1.807) is 23.9 Å². The van der Waals surface area contributed by atoms with Crippen LogP contribution in [0.3, 0.4) is 0 Å². The van der Waals surface area contributed by atoms with Crippen molar-refractivity contribution in [2.24, 2.45) is 0 Å². The van der Waals surface area contributed by atoms with Crippen molar-refractivity contribution < 1.29 is 14.9 Å². The van der Waals surface area contributed by atoms with Crippen LogP contribution >= 0.6 is 0 Å². The van der Waals surface area contributed by atoms with Gasteiger partial charge in [-0.3, -0.25) is 4.79 Å². The third-order valence-corrected chi connectivity index (χ3v) is 3.12. The van der Waals surface area contributed by atoms with E-state index in [1.807, 2.05) is 6.92 Å². The summed E-state index contributed by atoms with van der Waals surface area (Å²) in [5, 5.41) is 18.4. The normalized spacial score (nSPS) is 14.6. The lowest BCUT2D eigenvalue weighted by Crippen LogP contribution is -2.29. The Hall–Kier alpha value is -1.59. The van der Waals surface area contributed by atoms with Crippen molar-refractivity contribution in [1.29, 1.82) is 0 Å². The van der Waals surface area contributed by atoms with Gasteiger partial charge in [-0.1, -0.05) is 6.92 Å². The summed E-state index contributed by atoms with van der Waals surface area (Å²) in [6.07, 6.45) is 3.22. The number of aliphatic hydroxyl groups excluding tert-OH is 2. The lowest BCUT2D eigenvalue weighted by molar-refractivity contribution is 0.0805. The minimum absolute atomic E-state index is 0.0167. The maximum absolute atomic E-state index is 12.0. The van der Waals surface area contributed by atoms with Gasteiger partial charge in [0.15, 0.2) is 5.43 Å².